The number of amides is 1. The summed E-state index contributed by atoms with van der Waals surface area (Å²) in [5.41, 5.74) is -0.240. The SMILES string of the molecule is O=C(O)c1cn(CC(=O)N2CCCS(=O)(=O)CC2)nn1. The normalized spacial score (nSPS) is 18.5. The van der Waals surface area contributed by atoms with Crippen molar-refractivity contribution in [2.45, 2.75) is 13.0 Å². The molecule has 1 aliphatic rings. The van der Waals surface area contributed by atoms with Crippen molar-refractivity contribution in [2.75, 3.05) is 24.6 Å². The summed E-state index contributed by atoms with van der Waals surface area (Å²) in [6, 6.07) is 0. The van der Waals surface area contributed by atoms with Crippen LogP contribution in [0.25, 0.3) is 0 Å². The van der Waals surface area contributed by atoms with E-state index < -0.39 is 15.8 Å². The van der Waals surface area contributed by atoms with Crippen molar-refractivity contribution in [3.8, 4) is 0 Å². The van der Waals surface area contributed by atoms with Gasteiger partial charge in [-0.3, -0.25) is 4.79 Å². The zero-order valence-corrected chi connectivity index (χ0v) is 11.4. The van der Waals surface area contributed by atoms with Gasteiger partial charge in [0, 0.05) is 13.1 Å². The third-order valence-electron chi connectivity index (χ3n) is 2.96. The van der Waals surface area contributed by atoms with Gasteiger partial charge in [-0.2, -0.15) is 0 Å². The number of hydrogen-bond acceptors (Lipinski definition) is 6. The molecular weight excluding hydrogens is 288 g/mol. The van der Waals surface area contributed by atoms with Crippen LogP contribution in [0.2, 0.25) is 0 Å². The molecule has 0 unspecified atom stereocenters. The van der Waals surface area contributed by atoms with Gasteiger partial charge >= 0.3 is 5.97 Å². The molecule has 9 nitrogen and oxygen atoms in total. The molecule has 0 aromatic carbocycles. The molecule has 0 aliphatic carbocycles. The largest absolute Gasteiger partial charge is 0.476 e. The van der Waals surface area contributed by atoms with Crippen LogP contribution in [0.1, 0.15) is 16.9 Å². The lowest BCUT2D eigenvalue weighted by Gasteiger charge is -2.19. The number of aromatic nitrogens is 3. The molecule has 1 N–H and O–H groups in total. The summed E-state index contributed by atoms with van der Waals surface area (Å²) in [6.45, 7) is 0.376. The minimum atomic E-state index is -3.07. The average Bonchev–Trinajstić information content (AvgIpc) is 2.74. The van der Waals surface area contributed by atoms with Gasteiger partial charge in [0.25, 0.3) is 0 Å². The molecule has 2 heterocycles. The van der Waals surface area contributed by atoms with Crippen molar-refractivity contribution in [3.05, 3.63) is 11.9 Å². The highest BCUT2D eigenvalue weighted by molar-refractivity contribution is 7.91. The molecule has 1 saturated heterocycles. The zero-order valence-electron chi connectivity index (χ0n) is 10.6. The first-order valence-corrected chi connectivity index (χ1v) is 7.81. The third kappa shape index (κ3) is 3.53. The fourth-order valence-electron chi connectivity index (χ4n) is 1.90. The van der Waals surface area contributed by atoms with Crippen molar-refractivity contribution >= 4 is 21.7 Å². The first kappa shape index (κ1) is 14.4. The number of hydrogen-bond donors (Lipinski definition) is 1. The number of sulfone groups is 1. The molecule has 1 aliphatic heterocycles. The smallest absolute Gasteiger partial charge is 0.358 e. The monoisotopic (exact) mass is 302 g/mol. The second-order valence-corrected chi connectivity index (χ2v) is 6.80. The number of aromatic carboxylic acids is 1. The molecule has 1 aromatic heterocycles. The summed E-state index contributed by atoms with van der Waals surface area (Å²) < 4.78 is 24.0. The van der Waals surface area contributed by atoms with Crippen LogP contribution in [0.3, 0.4) is 0 Å². The second-order valence-electron chi connectivity index (χ2n) is 4.49. The highest BCUT2D eigenvalue weighted by Gasteiger charge is 2.23. The number of carbonyl (C=O) groups excluding carboxylic acids is 1. The lowest BCUT2D eigenvalue weighted by atomic mass is 10.4. The van der Waals surface area contributed by atoms with E-state index in [1.165, 1.54) is 4.90 Å². The standard InChI is InChI=1S/C10H14N4O5S/c15-9(7-14-6-8(10(16)17)11-12-14)13-2-1-4-20(18,19)5-3-13/h6H,1-5,7H2,(H,16,17). The quantitative estimate of drug-likeness (QED) is 0.730. The van der Waals surface area contributed by atoms with E-state index in [0.717, 1.165) is 10.9 Å². The van der Waals surface area contributed by atoms with Gasteiger partial charge in [0.05, 0.1) is 17.7 Å². The predicted molar refractivity (Wildman–Crippen MR) is 66.8 cm³/mol. The van der Waals surface area contributed by atoms with Gasteiger partial charge < -0.3 is 10.0 Å². The summed E-state index contributed by atoms with van der Waals surface area (Å²) >= 11 is 0. The van der Waals surface area contributed by atoms with Gasteiger partial charge in [-0.1, -0.05) is 5.21 Å². The van der Waals surface area contributed by atoms with E-state index in [9.17, 15) is 18.0 Å². The van der Waals surface area contributed by atoms with E-state index >= 15 is 0 Å². The molecule has 2 rings (SSSR count). The molecule has 0 spiro atoms. The summed E-state index contributed by atoms with van der Waals surface area (Å²) in [5, 5.41) is 15.6. The van der Waals surface area contributed by atoms with Crippen LogP contribution in [0.4, 0.5) is 0 Å². The van der Waals surface area contributed by atoms with Crippen LogP contribution in [-0.4, -0.2) is 69.9 Å². The summed E-state index contributed by atoms with van der Waals surface area (Å²) in [5.74, 6) is -1.48. The molecule has 20 heavy (non-hydrogen) atoms. The number of rotatable bonds is 3. The van der Waals surface area contributed by atoms with Crippen LogP contribution < -0.4 is 0 Å². The number of carboxylic acid groups (broad SMARTS) is 1. The van der Waals surface area contributed by atoms with E-state index in [2.05, 4.69) is 10.3 Å². The summed E-state index contributed by atoms with van der Waals surface area (Å²) in [6.07, 6.45) is 1.57. The number of nitrogens with zero attached hydrogens (tertiary/aromatic N) is 4. The van der Waals surface area contributed by atoms with Crippen LogP contribution in [0.5, 0.6) is 0 Å². The minimum absolute atomic E-state index is 0.0452. The first-order valence-electron chi connectivity index (χ1n) is 5.99. The van der Waals surface area contributed by atoms with Crippen LogP contribution in [0, 0.1) is 0 Å². The van der Waals surface area contributed by atoms with Crippen molar-refractivity contribution in [2.24, 2.45) is 0 Å². The summed E-state index contributed by atoms with van der Waals surface area (Å²) in [7, 11) is -3.07. The van der Waals surface area contributed by atoms with E-state index in [1.807, 2.05) is 0 Å². The molecule has 1 fully saturated rings. The van der Waals surface area contributed by atoms with Crippen molar-refractivity contribution in [1.82, 2.24) is 19.9 Å². The Labute approximate surface area is 115 Å². The molecule has 0 bridgehead atoms. The minimum Gasteiger partial charge on any atom is -0.476 e. The van der Waals surface area contributed by atoms with Gasteiger partial charge in [-0.05, 0) is 6.42 Å². The van der Waals surface area contributed by atoms with Crippen molar-refractivity contribution < 1.29 is 23.1 Å². The van der Waals surface area contributed by atoms with E-state index in [1.54, 1.807) is 0 Å². The third-order valence-corrected chi connectivity index (χ3v) is 4.68. The topological polar surface area (TPSA) is 122 Å². The molecule has 10 heteroatoms. The van der Waals surface area contributed by atoms with E-state index in [-0.39, 0.29) is 36.2 Å². The van der Waals surface area contributed by atoms with Gasteiger partial charge in [0.1, 0.15) is 6.54 Å². The Balaban J connectivity index is 1.99. The van der Waals surface area contributed by atoms with Crippen molar-refractivity contribution in [3.63, 3.8) is 0 Å². The average molecular weight is 302 g/mol. The maximum absolute atomic E-state index is 12.0. The zero-order chi connectivity index (χ0) is 14.8. The maximum atomic E-state index is 12.0. The first-order chi connectivity index (χ1) is 9.37. The van der Waals surface area contributed by atoms with Gasteiger partial charge in [0.2, 0.25) is 5.91 Å². The van der Waals surface area contributed by atoms with Gasteiger partial charge in [-0.15, -0.1) is 5.10 Å². The maximum Gasteiger partial charge on any atom is 0.358 e. The molecule has 1 amide bonds. The van der Waals surface area contributed by atoms with Gasteiger partial charge in [-0.25, -0.2) is 17.9 Å². The predicted octanol–water partition coefficient (Wildman–Crippen LogP) is -1.38. The van der Waals surface area contributed by atoms with E-state index in [4.69, 9.17) is 5.11 Å². The molecular formula is C10H14N4O5S. The number of carbonyl (C=O) groups is 2. The van der Waals surface area contributed by atoms with Crippen molar-refractivity contribution in [1.29, 1.82) is 0 Å². The lowest BCUT2D eigenvalue weighted by Crippen LogP contribution is -2.36. The van der Waals surface area contributed by atoms with Crippen LogP contribution >= 0.6 is 0 Å². The highest BCUT2D eigenvalue weighted by Crippen LogP contribution is 2.06. The Hall–Kier alpha value is -1.97. The molecule has 0 radical (unpaired) electrons. The Morgan fingerprint density at radius 2 is 2.05 bits per heavy atom. The number of carboxylic acids is 1. The van der Waals surface area contributed by atoms with Crippen LogP contribution in [0.15, 0.2) is 6.20 Å². The lowest BCUT2D eigenvalue weighted by molar-refractivity contribution is -0.131. The summed E-state index contributed by atoms with van der Waals surface area (Å²) in [4.78, 5) is 24.1. The Bertz CT molecular complexity index is 623. The Morgan fingerprint density at radius 1 is 1.30 bits per heavy atom. The van der Waals surface area contributed by atoms with E-state index in [0.29, 0.717) is 13.0 Å². The molecule has 0 atom stereocenters. The molecule has 110 valence electrons. The molecule has 1 aromatic rings. The van der Waals surface area contributed by atoms with Gasteiger partial charge in [0.15, 0.2) is 15.5 Å². The highest BCUT2D eigenvalue weighted by atomic mass is 32.2. The fraction of sp³-hybridized carbons (Fsp3) is 0.600. The van der Waals surface area contributed by atoms with Crippen LogP contribution in [-0.2, 0) is 21.2 Å². The second kappa shape index (κ2) is 5.57. The molecule has 0 saturated carbocycles. The Morgan fingerprint density at radius 3 is 2.70 bits per heavy atom. The fourth-order valence-corrected chi connectivity index (χ4v) is 3.17. The Kier molecular flexibility index (Phi) is 4.02.